The second kappa shape index (κ2) is 10.1. The van der Waals surface area contributed by atoms with Gasteiger partial charge in [-0.2, -0.15) is 0 Å². The third-order valence-corrected chi connectivity index (χ3v) is 6.59. The molecule has 2 N–H and O–H groups in total. The number of carbonyl (C=O) groups is 3. The molecule has 5 amide bonds. The van der Waals surface area contributed by atoms with Gasteiger partial charge >= 0.3 is 12.1 Å². The van der Waals surface area contributed by atoms with Crippen molar-refractivity contribution in [1.82, 2.24) is 9.88 Å². The number of carbonyl (C=O) groups excluding carboxylic acids is 3. The summed E-state index contributed by atoms with van der Waals surface area (Å²) in [6.45, 7) is 2.77. The van der Waals surface area contributed by atoms with Crippen LogP contribution in [0, 0.1) is 17.5 Å². The van der Waals surface area contributed by atoms with Crippen LogP contribution in [0.4, 0.5) is 40.0 Å². The fraction of sp³-hybridized carbons (Fsp3) is 0.200. The average molecular weight is 530 g/mol. The molecule has 0 aliphatic carbocycles. The Kier molecular flexibility index (Phi) is 7.12. The first kappa shape index (κ1) is 26.0. The van der Waals surface area contributed by atoms with Gasteiger partial charge in [0.15, 0.2) is 11.6 Å². The van der Waals surface area contributed by atoms with Crippen molar-refractivity contribution in [2.45, 2.75) is 30.8 Å². The number of nitrogens with one attached hydrogen (secondary N) is 2. The molecule has 0 atom stereocenters. The molecule has 4 rings (SSSR count). The highest BCUT2D eigenvalue weighted by Crippen LogP contribution is 2.38. The number of thioether (sulfide) groups is 1. The number of anilines is 3. The molecule has 0 radical (unpaired) electrons. The molecule has 192 valence electrons. The summed E-state index contributed by atoms with van der Waals surface area (Å²) in [6, 6.07) is 11.0. The summed E-state index contributed by atoms with van der Waals surface area (Å²) in [5, 5.41) is 5.24. The van der Waals surface area contributed by atoms with E-state index in [1.165, 1.54) is 32.4 Å². The van der Waals surface area contributed by atoms with Crippen molar-refractivity contribution < 1.29 is 27.6 Å². The van der Waals surface area contributed by atoms with Crippen LogP contribution in [0.5, 0.6) is 0 Å². The van der Waals surface area contributed by atoms with E-state index in [9.17, 15) is 27.6 Å². The molecule has 1 aliphatic rings. The van der Waals surface area contributed by atoms with Crippen molar-refractivity contribution in [2.75, 3.05) is 21.8 Å². The van der Waals surface area contributed by atoms with Gasteiger partial charge in [0, 0.05) is 24.5 Å². The lowest BCUT2D eigenvalue weighted by Gasteiger charge is -2.27. The van der Waals surface area contributed by atoms with E-state index in [1.54, 1.807) is 30.3 Å². The zero-order valence-electron chi connectivity index (χ0n) is 20.0. The normalized spacial score (nSPS) is 14.8. The fourth-order valence-electron chi connectivity index (χ4n) is 3.85. The fourth-order valence-corrected chi connectivity index (χ4v) is 4.38. The summed E-state index contributed by atoms with van der Waals surface area (Å²) in [7, 11) is 0. The number of aromatic nitrogens is 1. The third-order valence-electron chi connectivity index (χ3n) is 5.80. The van der Waals surface area contributed by atoms with E-state index < -0.39 is 51.5 Å². The summed E-state index contributed by atoms with van der Waals surface area (Å²) < 4.78 is 43.6. The Labute approximate surface area is 214 Å². The van der Waals surface area contributed by atoms with E-state index in [-0.39, 0.29) is 12.4 Å². The minimum atomic E-state index is -1.50. The van der Waals surface area contributed by atoms with Gasteiger partial charge in [0.05, 0.1) is 10.6 Å². The number of benzene rings is 2. The number of para-hydroxylation sites is 1. The van der Waals surface area contributed by atoms with Crippen LogP contribution in [-0.2, 0) is 11.3 Å². The van der Waals surface area contributed by atoms with Gasteiger partial charge in [-0.1, -0.05) is 18.2 Å². The van der Waals surface area contributed by atoms with Crippen LogP contribution in [0.1, 0.15) is 19.4 Å². The van der Waals surface area contributed by atoms with E-state index in [1.807, 2.05) is 6.07 Å². The predicted octanol–water partition coefficient (Wildman–Crippen LogP) is 5.61. The highest BCUT2D eigenvalue weighted by Gasteiger charge is 2.52. The SMILES string of the molecule is CSc1c(F)cc(N2C(=O)N(Cc3ccnc(NC(=O)Nc4ccccc4)c3)C(C)(C)C2=O)c(F)c1F. The highest BCUT2D eigenvalue weighted by atomic mass is 32.2. The van der Waals surface area contributed by atoms with Gasteiger partial charge in [0.25, 0.3) is 5.91 Å². The Balaban J connectivity index is 1.56. The number of imide groups is 1. The van der Waals surface area contributed by atoms with Crippen LogP contribution in [0.3, 0.4) is 0 Å². The first-order chi connectivity index (χ1) is 17.5. The summed E-state index contributed by atoms with van der Waals surface area (Å²) in [5.41, 5.74) is -1.19. The zero-order chi connectivity index (χ0) is 26.9. The molecular weight excluding hydrogens is 507 g/mol. The first-order valence-corrected chi connectivity index (χ1v) is 12.2. The maximum absolute atomic E-state index is 14.8. The Morgan fingerprint density at radius 1 is 1.03 bits per heavy atom. The first-order valence-electron chi connectivity index (χ1n) is 11.0. The van der Waals surface area contributed by atoms with E-state index in [2.05, 4.69) is 15.6 Å². The minimum Gasteiger partial charge on any atom is -0.308 e. The van der Waals surface area contributed by atoms with E-state index in [4.69, 9.17) is 0 Å². The second-order valence-corrected chi connectivity index (χ2v) is 9.42. The standard InChI is InChI=1S/C25H22F3N5O3S/c1-25(2)22(34)33(17-12-16(26)21(37-3)20(28)19(17)27)24(36)32(25)13-14-9-10-29-18(11-14)31-23(35)30-15-7-5-4-6-8-15/h4-12H,13H2,1-3H3,(H2,29,30,31,35). The maximum Gasteiger partial charge on any atom is 0.332 e. The van der Waals surface area contributed by atoms with E-state index >= 15 is 0 Å². The average Bonchev–Trinajstić information content (AvgIpc) is 3.02. The Morgan fingerprint density at radius 2 is 1.73 bits per heavy atom. The number of pyridine rings is 1. The van der Waals surface area contributed by atoms with Gasteiger partial charge in [0.1, 0.15) is 17.2 Å². The van der Waals surface area contributed by atoms with Crippen LogP contribution < -0.4 is 15.5 Å². The van der Waals surface area contributed by atoms with Crippen LogP contribution >= 0.6 is 11.8 Å². The van der Waals surface area contributed by atoms with Gasteiger partial charge in [-0.15, -0.1) is 11.8 Å². The molecule has 8 nitrogen and oxygen atoms in total. The van der Waals surface area contributed by atoms with Gasteiger partial charge in [-0.25, -0.2) is 32.6 Å². The molecule has 1 saturated heterocycles. The quantitative estimate of drug-likeness (QED) is 0.246. The number of halogens is 3. The molecule has 12 heteroatoms. The third kappa shape index (κ3) is 4.96. The Morgan fingerprint density at radius 3 is 2.41 bits per heavy atom. The van der Waals surface area contributed by atoms with Crippen LogP contribution in [-0.4, -0.2) is 39.6 Å². The van der Waals surface area contributed by atoms with Crippen molar-refractivity contribution >= 4 is 46.9 Å². The van der Waals surface area contributed by atoms with Crippen LogP contribution in [0.2, 0.25) is 0 Å². The summed E-state index contributed by atoms with van der Waals surface area (Å²) in [6.07, 6.45) is 2.78. The van der Waals surface area contributed by atoms with E-state index in [0.717, 1.165) is 4.90 Å². The van der Waals surface area contributed by atoms with Gasteiger partial charge < -0.3 is 10.2 Å². The number of hydrogen-bond acceptors (Lipinski definition) is 5. The van der Waals surface area contributed by atoms with Gasteiger partial charge in [-0.05, 0) is 49.9 Å². The summed E-state index contributed by atoms with van der Waals surface area (Å²) >= 11 is 0.668. The molecule has 0 bridgehead atoms. The smallest absolute Gasteiger partial charge is 0.308 e. The minimum absolute atomic E-state index is 0.124. The number of rotatable bonds is 6. The highest BCUT2D eigenvalue weighted by molar-refractivity contribution is 7.98. The lowest BCUT2D eigenvalue weighted by Crippen LogP contribution is -2.43. The van der Waals surface area contributed by atoms with Crippen LogP contribution in [0.25, 0.3) is 0 Å². The number of nitrogens with zero attached hydrogens (tertiary/aromatic N) is 3. The van der Waals surface area contributed by atoms with Crippen molar-refractivity contribution in [2.24, 2.45) is 0 Å². The summed E-state index contributed by atoms with van der Waals surface area (Å²) in [4.78, 5) is 43.8. The molecule has 0 saturated carbocycles. The second-order valence-electron chi connectivity index (χ2n) is 8.60. The Bertz CT molecular complexity index is 1390. The topological polar surface area (TPSA) is 94.6 Å². The van der Waals surface area contributed by atoms with Gasteiger partial charge in [-0.3, -0.25) is 10.1 Å². The van der Waals surface area contributed by atoms with Crippen molar-refractivity contribution in [3.63, 3.8) is 0 Å². The van der Waals surface area contributed by atoms with Crippen molar-refractivity contribution in [3.8, 4) is 0 Å². The summed E-state index contributed by atoms with van der Waals surface area (Å²) in [5.74, 6) is -4.72. The molecule has 1 aromatic heterocycles. The maximum atomic E-state index is 14.8. The molecule has 3 aromatic rings. The lowest BCUT2D eigenvalue weighted by atomic mass is 10.0. The molecule has 37 heavy (non-hydrogen) atoms. The number of hydrogen-bond donors (Lipinski definition) is 2. The largest absolute Gasteiger partial charge is 0.332 e. The monoisotopic (exact) mass is 529 g/mol. The Hall–Kier alpha value is -4.06. The number of urea groups is 2. The van der Waals surface area contributed by atoms with Crippen molar-refractivity contribution in [1.29, 1.82) is 0 Å². The molecule has 1 fully saturated rings. The molecule has 0 unspecified atom stereocenters. The molecule has 1 aliphatic heterocycles. The van der Waals surface area contributed by atoms with Crippen molar-refractivity contribution in [3.05, 3.63) is 77.7 Å². The molecule has 0 spiro atoms. The van der Waals surface area contributed by atoms with E-state index in [0.29, 0.717) is 34.0 Å². The van der Waals surface area contributed by atoms with Crippen LogP contribution in [0.15, 0.2) is 59.6 Å². The molecule has 2 aromatic carbocycles. The van der Waals surface area contributed by atoms with Gasteiger partial charge in [0.2, 0.25) is 0 Å². The predicted molar refractivity (Wildman–Crippen MR) is 134 cm³/mol. The number of amides is 5. The zero-order valence-corrected chi connectivity index (χ0v) is 20.8. The lowest BCUT2D eigenvalue weighted by molar-refractivity contribution is -0.123. The molecular formula is C25H22F3N5O3S. The molecule has 2 heterocycles.